The molecule has 0 fully saturated rings. The summed E-state index contributed by atoms with van der Waals surface area (Å²) in [5, 5.41) is 5.16. The maximum absolute atomic E-state index is 6.20. The molecule has 1 aromatic carbocycles. The SMILES string of the molecule is CCCOc1ccc(NCc2cnc(CC)s2)cc1Cl. The quantitative estimate of drug-likeness (QED) is 0.800. The molecule has 2 rings (SSSR count). The van der Waals surface area contributed by atoms with E-state index in [1.807, 2.05) is 24.4 Å². The molecular weight excluding hydrogens is 292 g/mol. The molecule has 0 radical (unpaired) electrons. The summed E-state index contributed by atoms with van der Waals surface area (Å²) in [4.78, 5) is 5.57. The molecule has 0 aliphatic heterocycles. The van der Waals surface area contributed by atoms with E-state index < -0.39 is 0 Å². The van der Waals surface area contributed by atoms with Gasteiger partial charge in [0, 0.05) is 16.8 Å². The molecule has 0 aliphatic carbocycles. The first-order valence-corrected chi connectivity index (χ1v) is 8.02. The van der Waals surface area contributed by atoms with Crippen molar-refractivity contribution in [3.63, 3.8) is 0 Å². The van der Waals surface area contributed by atoms with Gasteiger partial charge in [-0.2, -0.15) is 0 Å². The fourth-order valence-electron chi connectivity index (χ4n) is 1.72. The summed E-state index contributed by atoms with van der Waals surface area (Å²) < 4.78 is 5.55. The summed E-state index contributed by atoms with van der Waals surface area (Å²) in [7, 11) is 0. The van der Waals surface area contributed by atoms with Crippen LogP contribution >= 0.6 is 22.9 Å². The molecule has 0 bridgehead atoms. The fraction of sp³-hybridized carbons (Fsp3) is 0.400. The highest BCUT2D eigenvalue weighted by Gasteiger charge is 2.04. The van der Waals surface area contributed by atoms with E-state index in [1.54, 1.807) is 11.3 Å². The Labute approximate surface area is 129 Å². The number of benzene rings is 1. The normalized spacial score (nSPS) is 10.6. The average Bonchev–Trinajstić information content (AvgIpc) is 2.92. The van der Waals surface area contributed by atoms with Gasteiger partial charge in [0.15, 0.2) is 0 Å². The third-order valence-corrected chi connectivity index (χ3v) is 4.20. The molecule has 2 aromatic rings. The van der Waals surface area contributed by atoms with Crippen molar-refractivity contribution in [2.75, 3.05) is 11.9 Å². The van der Waals surface area contributed by atoms with Gasteiger partial charge in [0.2, 0.25) is 0 Å². The number of aryl methyl sites for hydroxylation is 1. The van der Waals surface area contributed by atoms with Crippen molar-refractivity contribution in [3.05, 3.63) is 39.3 Å². The van der Waals surface area contributed by atoms with Crippen molar-refractivity contribution in [2.45, 2.75) is 33.2 Å². The van der Waals surface area contributed by atoms with Crippen LogP contribution in [0.5, 0.6) is 5.75 Å². The molecule has 20 heavy (non-hydrogen) atoms. The number of halogens is 1. The fourth-order valence-corrected chi connectivity index (χ4v) is 2.76. The standard InChI is InChI=1S/C15H19ClN2OS/c1-3-7-19-14-6-5-11(8-13(14)16)17-9-12-10-18-15(4-2)20-12/h5-6,8,10,17H,3-4,7,9H2,1-2H3. The zero-order valence-electron chi connectivity index (χ0n) is 11.8. The molecule has 1 heterocycles. The van der Waals surface area contributed by atoms with E-state index in [0.717, 1.165) is 30.8 Å². The summed E-state index contributed by atoms with van der Waals surface area (Å²) in [6.45, 7) is 5.64. The number of rotatable bonds is 7. The molecular formula is C15H19ClN2OS. The number of hydrogen-bond acceptors (Lipinski definition) is 4. The van der Waals surface area contributed by atoms with Crippen LogP contribution in [0.3, 0.4) is 0 Å². The predicted molar refractivity (Wildman–Crippen MR) is 86.1 cm³/mol. The Bertz CT molecular complexity index is 557. The van der Waals surface area contributed by atoms with Crippen molar-refractivity contribution in [1.29, 1.82) is 0 Å². The molecule has 0 saturated carbocycles. The van der Waals surface area contributed by atoms with Gasteiger partial charge >= 0.3 is 0 Å². The molecule has 1 N–H and O–H groups in total. The van der Waals surface area contributed by atoms with Crippen LogP contribution in [-0.2, 0) is 13.0 Å². The Balaban J connectivity index is 1.94. The number of nitrogens with zero attached hydrogens (tertiary/aromatic N) is 1. The van der Waals surface area contributed by atoms with Crippen molar-refractivity contribution in [2.24, 2.45) is 0 Å². The van der Waals surface area contributed by atoms with Crippen LogP contribution in [-0.4, -0.2) is 11.6 Å². The Morgan fingerprint density at radius 1 is 1.35 bits per heavy atom. The minimum Gasteiger partial charge on any atom is -0.492 e. The summed E-state index contributed by atoms with van der Waals surface area (Å²) in [5.41, 5.74) is 0.991. The van der Waals surface area contributed by atoms with Crippen LogP contribution < -0.4 is 10.1 Å². The van der Waals surface area contributed by atoms with Crippen molar-refractivity contribution >= 4 is 28.6 Å². The van der Waals surface area contributed by atoms with Gasteiger partial charge in [-0.25, -0.2) is 4.98 Å². The Morgan fingerprint density at radius 3 is 2.85 bits per heavy atom. The second kappa shape index (κ2) is 7.50. The van der Waals surface area contributed by atoms with Crippen LogP contribution in [0.25, 0.3) is 0 Å². The highest BCUT2D eigenvalue weighted by molar-refractivity contribution is 7.11. The monoisotopic (exact) mass is 310 g/mol. The molecule has 0 unspecified atom stereocenters. The van der Waals surface area contributed by atoms with E-state index in [1.165, 1.54) is 9.88 Å². The predicted octanol–water partition coefficient (Wildman–Crippen LogP) is 4.76. The van der Waals surface area contributed by atoms with Gasteiger partial charge in [0.25, 0.3) is 0 Å². The van der Waals surface area contributed by atoms with E-state index >= 15 is 0 Å². The Morgan fingerprint density at radius 2 is 2.20 bits per heavy atom. The Kier molecular flexibility index (Phi) is 5.68. The molecule has 0 saturated heterocycles. The highest BCUT2D eigenvalue weighted by atomic mass is 35.5. The maximum atomic E-state index is 6.20. The molecule has 5 heteroatoms. The first-order chi connectivity index (χ1) is 9.72. The van der Waals surface area contributed by atoms with Crippen molar-refractivity contribution in [1.82, 2.24) is 4.98 Å². The molecule has 0 aliphatic rings. The van der Waals surface area contributed by atoms with E-state index in [0.29, 0.717) is 11.6 Å². The van der Waals surface area contributed by atoms with Crippen LogP contribution in [0.15, 0.2) is 24.4 Å². The number of anilines is 1. The molecule has 0 amide bonds. The number of thiazole rings is 1. The zero-order chi connectivity index (χ0) is 14.4. The van der Waals surface area contributed by atoms with E-state index in [4.69, 9.17) is 16.3 Å². The second-order valence-electron chi connectivity index (χ2n) is 4.42. The minimum atomic E-state index is 0.641. The number of aromatic nitrogens is 1. The van der Waals surface area contributed by atoms with Crippen LogP contribution in [0.4, 0.5) is 5.69 Å². The number of hydrogen-bond donors (Lipinski definition) is 1. The summed E-state index contributed by atoms with van der Waals surface area (Å²) in [5.74, 6) is 0.741. The number of ether oxygens (including phenoxy) is 1. The Hall–Kier alpha value is -1.26. The zero-order valence-corrected chi connectivity index (χ0v) is 13.4. The third-order valence-electron chi connectivity index (χ3n) is 2.76. The maximum Gasteiger partial charge on any atom is 0.138 e. The molecule has 1 aromatic heterocycles. The lowest BCUT2D eigenvalue weighted by Gasteiger charge is -2.09. The first-order valence-electron chi connectivity index (χ1n) is 6.82. The van der Waals surface area contributed by atoms with Crippen LogP contribution in [0, 0.1) is 0 Å². The lowest BCUT2D eigenvalue weighted by atomic mass is 10.3. The highest BCUT2D eigenvalue weighted by Crippen LogP contribution is 2.28. The topological polar surface area (TPSA) is 34.1 Å². The van der Waals surface area contributed by atoms with Gasteiger partial charge < -0.3 is 10.1 Å². The average molecular weight is 311 g/mol. The van der Waals surface area contributed by atoms with Gasteiger partial charge in [0.05, 0.1) is 23.2 Å². The van der Waals surface area contributed by atoms with E-state index in [9.17, 15) is 0 Å². The third kappa shape index (κ3) is 4.12. The lowest BCUT2D eigenvalue weighted by Crippen LogP contribution is -1.99. The molecule has 108 valence electrons. The van der Waals surface area contributed by atoms with Gasteiger partial charge in [-0.1, -0.05) is 25.4 Å². The summed E-state index contributed by atoms with van der Waals surface area (Å²) in [6.07, 6.45) is 3.89. The van der Waals surface area contributed by atoms with Gasteiger partial charge in [-0.3, -0.25) is 0 Å². The van der Waals surface area contributed by atoms with Gasteiger partial charge in [-0.05, 0) is 31.0 Å². The largest absolute Gasteiger partial charge is 0.492 e. The summed E-state index contributed by atoms with van der Waals surface area (Å²) >= 11 is 7.94. The second-order valence-corrected chi connectivity index (χ2v) is 6.03. The number of nitrogens with one attached hydrogen (secondary N) is 1. The van der Waals surface area contributed by atoms with Crippen LogP contribution in [0.1, 0.15) is 30.2 Å². The minimum absolute atomic E-state index is 0.641. The molecule has 0 atom stereocenters. The van der Waals surface area contributed by atoms with Crippen LogP contribution in [0.2, 0.25) is 5.02 Å². The van der Waals surface area contributed by atoms with E-state index in [-0.39, 0.29) is 0 Å². The van der Waals surface area contributed by atoms with E-state index in [2.05, 4.69) is 24.1 Å². The first kappa shape index (κ1) is 15.1. The van der Waals surface area contributed by atoms with Crippen molar-refractivity contribution in [3.8, 4) is 5.75 Å². The molecule has 0 spiro atoms. The smallest absolute Gasteiger partial charge is 0.138 e. The lowest BCUT2D eigenvalue weighted by molar-refractivity contribution is 0.317. The van der Waals surface area contributed by atoms with Crippen molar-refractivity contribution < 1.29 is 4.74 Å². The van der Waals surface area contributed by atoms with Gasteiger partial charge in [0.1, 0.15) is 5.75 Å². The molecule has 3 nitrogen and oxygen atoms in total. The summed E-state index contributed by atoms with van der Waals surface area (Å²) in [6, 6.07) is 5.79. The van der Waals surface area contributed by atoms with Gasteiger partial charge in [-0.15, -0.1) is 11.3 Å².